The van der Waals surface area contributed by atoms with Gasteiger partial charge >= 0.3 is 0 Å². The summed E-state index contributed by atoms with van der Waals surface area (Å²) in [5.74, 6) is -2.24. The Balaban J connectivity index is 1.57. The van der Waals surface area contributed by atoms with Crippen LogP contribution in [-0.4, -0.2) is 88.1 Å². The van der Waals surface area contributed by atoms with Crippen molar-refractivity contribution in [3.8, 4) is 0 Å². The van der Waals surface area contributed by atoms with Gasteiger partial charge in [-0.3, -0.25) is 14.4 Å². The summed E-state index contributed by atoms with van der Waals surface area (Å²) in [5, 5.41) is 10.6. The van der Waals surface area contributed by atoms with E-state index in [0.29, 0.717) is 32.4 Å². The molecule has 2 unspecified atom stereocenters. The number of nitrogens with zero attached hydrogens (tertiary/aromatic N) is 3. The minimum Gasteiger partial charge on any atom is -0.394 e. The molecule has 6 atom stereocenters. The average Bonchev–Trinajstić information content (AvgIpc) is 3.63. The van der Waals surface area contributed by atoms with Crippen LogP contribution >= 0.6 is 0 Å². The van der Waals surface area contributed by atoms with Gasteiger partial charge in [-0.25, -0.2) is 0 Å². The van der Waals surface area contributed by atoms with Crippen LogP contribution < -0.4 is 0 Å². The molecule has 2 bridgehead atoms. The average molecular weight is 558 g/mol. The first-order valence-electron chi connectivity index (χ1n) is 14.3. The number of aliphatic hydroxyl groups is 1. The molecule has 8 nitrogen and oxygen atoms in total. The summed E-state index contributed by atoms with van der Waals surface area (Å²) in [5.41, 5.74) is 0.747. The van der Waals surface area contributed by atoms with Gasteiger partial charge in [0.25, 0.3) is 0 Å². The van der Waals surface area contributed by atoms with E-state index in [1.807, 2.05) is 60.7 Å². The lowest BCUT2D eigenvalue weighted by Crippen LogP contribution is -2.59. The standard InChI is InChI=1S/C33H39N3O5/c1-4-18-34(3)30(38)27-26-16-17-33(41-26)28(27)31(39)36(25(22-37)20-23-12-8-6-9-13-23)29(33)32(40)35(19-5-2)21-24-14-10-7-11-15-24/h4-15,25-29,37H,1-2,16-22H2,3H3/t25-,26+,27-,28+,29?,33?/m1/s1. The van der Waals surface area contributed by atoms with Gasteiger partial charge in [-0.05, 0) is 30.4 Å². The number of carbonyl (C=O) groups is 3. The van der Waals surface area contributed by atoms with Gasteiger partial charge in [0.1, 0.15) is 11.6 Å². The quantitative estimate of drug-likeness (QED) is 0.406. The van der Waals surface area contributed by atoms with E-state index >= 15 is 0 Å². The van der Waals surface area contributed by atoms with Crippen molar-refractivity contribution in [3.63, 3.8) is 0 Å². The molecular formula is C33H39N3O5. The molecule has 8 heteroatoms. The summed E-state index contributed by atoms with van der Waals surface area (Å²) in [7, 11) is 1.69. The first-order valence-corrected chi connectivity index (χ1v) is 14.3. The van der Waals surface area contributed by atoms with Gasteiger partial charge in [-0.1, -0.05) is 72.8 Å². The van der Waals surface area contributed by atoms with E-state index in [1.165, 1.54) is 0 Å². The Hall–Kier alpha value is -3.75. The van der Waals surface area contributed by atoms with Crippen LogP contribution in [0.2, 0.25) is 0 Å². The highest BCUT2D eigenvalue weighted by atomic mass is 16.5. The van der Waals surface area contributed by atoms with Gasteiger partial charge in [0.2, 0.25) is 17.7 Å². The molecule has 0 saturated carbocycles. The minimum atomic E-state index is -1.14. The predicted molar refractivity (Wildman–Crippen MR) is 155 cm³/mol. The minimum absolute atomic E-state index is 0.182. The molecule has 0 radical (unpaired) electrons. The molecule has 0 aliphatic carbocycles. The van der Waals surface area contributed by atoms with Crippen molar-refractivity contribution in [3.05, 3.63) is 97.1 Å². The van der Waals surface area contributed by atoms with Crippen molar-refractivity contribution in [2.24, 2.45) is 11.8 Å². The summed E-state index contributed by atoms with van der Waals surface area (Å²) >= 11 is 0. The number of rotatable bonds is 12. The van der Waals surface area contributed by atoms with Crippen molar-refractivity contribution in [1.82, 2.24) is 14.7 Å². The number of likely N-dealkylation sites (N-methyl/N-ethyl adjacent to an activating group) is 1. The van der Waals surface area contributed by atoms with E-state index in [9.17, 15) is 19.5 Å². The molecule has 3 heterocycles. The first-order chi connectivity index (χ1) is 19.9. The zero-order valence-corrected chi connectivity index (χ0v) is 23.6. The molecule has 41 heavy (non-hydrogen) atoms. The van der Waals surface area contributed by atoms with Gasteiger partial charge < -0.3 is 24.5 Å². The van der Waals surface area contributed by atoms with Crippen LogP contribution in [0.3, 0.4) is 0 Å². The molecule has 3 fully saturated rings. The van der Waals surface area contributed by atoms with Crippen LogP contribution in [-0.2, 0) is 32.1 Å². The zero-order valence-electron chi connectivity index (χ0n) is 23.6. The van der Waals surface area contributed by atoms with Crippen molar-refractivity contribution in [2.75, 3.05) is 26.7 Å². The van der Waals surface area contributed by atoms with Gasteiger partial charge in [0, 0.05) is 26.7 Å². The van der Waals surface area contributed by atoms with E-state index in [1.54, 1.807) is 33.9 Å². The van der Waals surface area contributed by atoms with Gasteiger partial charge in [-0.15, -0.1) is 13.2 Å². The monoisotopic (exact) mass is 557 g/mol. The van der Waals surface area contributed by atoms with Crippen LogP contribution in [0, 0.1) is 11.8 Å². The molecule has 2 aromatic rings. The number of ether oxygens (including phenoxy) is 1. The Labute approximate surface area is 241 Å². The van der Waals surface area contributed by atoms with Crippen molar-refractivity contribution in [1.29, 1.82) is 0 Å². The fourth-order valence-electron chi connectivity index (χ4n) is 7.09. The fraction of sp³-hybridized carbons (Fsp3) is 0.424. The molecule has 2 aromatic carbocycles. The van der Waals surface area contributed by atoms with Crippen LogP contribution in [0.15, 0.2) is 86.0 Å². The van der Waals surface area contributed by atoms with Crippen molar-refractivity contribution < 1.29 is 24.2 Å². The third-order valence-electron chi connectivity index (χ3n) is 8.83. The number of likely N-dealkylation sites (tertiary alicyclic amines) is 1. The fourth-order valence-corrected chi connectivity index (χ4v) is 7.09. The lowest BCUT2D eigenvalue weighted by atomic mass is 9.70. The Bertz CT molecular complexity index is 1280. The van der Waals surface area contributed by atoms with E-state index in [0.717, 1.165) is 11.1 Å². The number of benzene rings is 2. The SMILES string of the molecule is C=CCN(C)C(=O)[C@@H]1[C@@H]2CCC3(O2)C(C(=O)N(CC=C)Cc2ccccc2)N([C@@H](CO)Cc2ccccc2)C(=O)[C@H]13. The summed E-state index contributed by atoms with van der Waals surface area (Å²) < 4.78 is 6.61. The van der Waals surface area contributed by atoms with Gasteiger partial charge in [0.05, 0.1) is 30.6 Å². The second-order valence-electron chi connectivity index (χ2n) is 11.3. The lowest BCUT2D eigenvalue weighted by Gasteiger charge is -2.39. The number of aliphatic hydroxyl groups excluding tert-OH is 1. The number of hydrogen-bond donors (Lipinski definition) is 1. The molecule has 3 aliphatic rings. The number of hydrogen-bond acceptors (Lipinski definition) is 5. The summed E-state index contributed by atoms with van der Waals surface area (Å²) in [6.45, 7) is 8.25. The maximum Gasteiger partial charge on any atom is 0.249 e. The molecular weight excluding hydrogens is 518 g/mol. The Morgan fingerprint density at radius 3 is 2.29 bits per heavy atom. The molecule has 1 spiro atoms. The maximum atomic E-state index is 14.6. The van der Waals surface area contributed by atoms with Crippen molar-refractivity contribution >= 4 is 17.7 Å². The van der Waals surface area contributed by atoms with Crippen LogP contribution in [0.5, 0.6) is 0 Å². The maximum absolute atomic E-state index is 14.6. The van der Waals surface area contributed by atoms with E-state index in [2.05, 4.69) is 13.2 Å². The highest BCUT2D eigenvalue weighted by molar-refractivity contribution is 5.99. The Kier molecular flexibility index (Phi) is 8.42. The second-order valence-corrected chi connectivity index (χ2v) is 11.3. The molecule has 3 saturated heterocycles. The van der Waals surface area contributed by atoms with Crippen molar-refractivity contribution in [2.45, 2.75) is 49.6 Å². The van der Waals surface area contributed by atoms with E-state index in [-0.39, 0.29) is 30.9 Å². The second kappa shape index (κ2) is 12.0. The summed E-state index contributed by atoms with van der Waals surface area (Å²) in [6.07, 6.45) is 4.33. The third-order valence-corrected chi connectivity index (χ3v) is 8.83. The van der Waals surface area contributed by atoms with Gasteiger partial charge in [-0.2, -0.15) is 0 Å². The highest BCUT2D eigenvalue weighted by Crippen LogP contribution is 2.59. The zero-order chi connectivity index (χ0) is 29.1. The topological polar surface area (TPSA) is 90.4 Å². The molecule has 1 N–H and O–H groups in total. The smallest absolute Gasteiger partial charge is 0.249 e. The summed E-state index contributed by atoms with van der Waals surface area (Å²) in [4.78, 5) is 47.6. The third kappa shape index (κ3) is 5.11. The number of amides is 3. The molecule has 3 aliphatic heterocycles. The van der Waals surface area contributed by atoms with Crippen LogP contribution in [0.25, 0.3) is 0 Å². The summed E-state index contributed by atoms with van der Waals surface area (Å²) in [6, 6.07) is 17.6. The number of fused-ring (bicyclic) bond motifs is 1. The largest absolute Gasteiger partial charge is 0.394 e. The van der Waals surface area contributed by atoms with Gasteiger partial charge in [0.15, 0.2) is 0 Å². The first kappa shape index (κ1) is 28.8. The molecule has 5 rings (SSSR count). The van der Waals surface area contributed by atoms with Crippen LogP contribution in [0.1, 0.15) is 24.0 Å². The lowest BCUT2D eigenvalue weighted by molar-refractivity contribution is -0.152. The molecule has 216 valence electrons. The van der Waals surface area contributed by atoms with E-state index < -0.39 is 35.6 Å². The Morgan fingerprint density at radius 1 is 1.05 bits per heavy atom. The Morgan fingerprint density at radius 2 is 1.68 bits per heavy atom. The van der Waals surface area contributed by atoms with E-state index in [4.69, 9.17) is 4.74 Å². The number of carbonyl (C=O) groups excluding carboxylic acids is 3. The highest BCUT2D eigenvalue weighted by Gasteiger charge is 2.75. The molecule has 3 amide bonds. The normalized spacial score (nSPS) is 26.9. The predicted octanol–water partition coefficient (Wildman–Crippen LogP) is 2.82. The molecule has 0 aromatic heterocycles. The van der Waals surface area contributed by atoms with Crippen LogP contribution in [0.4, 0.5) is 0 Å².